The summed E-state index contributed by atoms with van der Waals surface area (Å²) in [7, 11) is 0. The molecule has 4 nitrogen and oxygen atoms in total. The fraction of sp³-hybridized carbons (Fsp3) is 0.333. The molecule has 0 spiro atoms. The van der Waals surface area contributed by atoms with E-state index in [2.05, 4.69) is 36.5 Å². The largest absolute Gasteiger partial charge is 0.352 e. The number of nitrogens with zero attached hydrogens (tertiary/aromatic N) is 1. The summed E-state index contributed by atoms with van der Waals surface area (Å²) in [6, 6.07) is 25.0. The SMILES string of the molecule is CC[C@@H](C)NC(=O)[C@@H](Cc1ccccc1)N(Cc1ccccc1Cl)C(=O)CCSc1ccc(C)cc1. The fourth-order valence-corrected chi connectivity index (χ4v) is 4.88. The zero-order chi connectivity index (χ0) is 25.9. The van der Waals surface area contributed by atoms with Crippen LogP contribution in [0.5, 0.6) is 0 Å². The maximum Gasteiger partial charge on any atom is 0.243 e. The highest BCUT2D eigenvalue weighted by molar-refractivity contribution is 7.99. The van der Waals surface area contributed by atoms with Crippen molar-refractivity contribution in [1.29, 1.82) is 0 Å². The molecule has 0 aliphatic carbocycles. The van der Waals surface area contributed by atoms with Crippen LogP contribution in [0.4, 0.5) is 0 Å². The highest BCUT2D eigenvalue weighted by Crippen LogP contribution is 2.23. The minimum atomic E-state index is -0.644. The Morgan fingerprint density at radius 2 is 1.64 bits per heavy atom. The van der Waals surface area contributed by atoms with Crippen LogP contribution in [0, 0.1) is 6.92 Å². The predicted octanol–water partition coefficient (Wildman–Crippen LogP) is 6.69. The monoisotopic (exact) mass is 522 g/mol. The molecule has 3 aromatic carbocycles. The standard InChI is InChI=1S/C30H35ClN2O2S/c1-4-23(3)32-30(35)28(20-24-10-6-5-7-11-24)33(21-25-12-8-9-13-27(25)31)29(34)18-19-36-26-16-14-22(2)15-17-26/h5-17,23,28H,4,18-21H2,1-3H3,(H,32,35)/t23-,28-/m1/s1. The maximum atomic E-state index is 13.7. The number of amides is 2. The summed E-state index contributed by atoms with van der Waals surface area (Å²) in [5.41, 5.74) is 3.04. The van der Waals surface area contributed by atoms with E-state index in [-0.39, 0.29) is 24.4 Å². The quantitative estimate of drug-likeness (QED) is 0.270. The molecule has 3 rings (SSSR count). The molecular formula is C30H35ClN2O2S. The summed E-state index contributed by atoms with van der Waals surface area (Å²) >= 11 is 8.13. The molecule has 0 radical (unpaired) electrons. The van der Waals surface area contributed by atoms with Crippen molar-refractivity contribution in [2.75, 3.05) is 5.75 Å². The third-order valence-electron chi connectivity index (χ3n) is 6.18. The highest BCUT2D eigenvalue weighted by atomic mass is 35.5. The van der Waals surface area contributed by atoms with Crippen LogP contribution in [0.1, 0.15) is 43.4 Å². The topological polar surface area (TPSA) is 49.4 Å². The van der Waals surface area contributed by atoms with Crippen molar-refractivity contribution in [3.8, 4) is 0 Å². The van der Waals surface area contributed by atoms with Crippen molar-refractivity contribution in [3.05, 3.63) is 101 Å². The van der Waals surface area contributed by atoms with Gasteiger partial charge in [-0.05, 0) is 49.6 Å². The summed E-state index contributed by atoms with van der Waals surface area (Å²) < 4.78 is 0. The first-order valence-corrected chi connectivity index (χ1v) is 13.8. The summed E-state index contributed by atoms with van der Waals surface area (Å²) in [5.74, 6) is 0.431. The lowest BCUT2D eigenvalue weighted by Crippen LogP contribution is -2.52. The molecule has 0 aliphatic rings. The van der Waals surface area contributed by atoms with Gasteiger partial charge >= 0.3 is 0 Å². The number of halogens is 1. The summed E-state index contributed by atoms with van der Waals surface area (Å²) in [5, 5.41) is 3.69. The lowest BCUT2D eigenvalue weighted by molar-refractivity contribution is -0.141. The molecule has 0 heterocycles. The molecule has 0 fully saturated rings. The van der Waals surface area contributed by atoms with E-state index in [1.165, 1.54) is 5.56 Å². The van der Waals surface area contributed by atoms with Crippen LogP contribution < -0.4 is 5.32 Å². The van der Waals surface area contributed by atoms with Crippen molar-refractivity contribution in [2.24, 2.45) is 0 Å². The molecule has 36 heavy (non-hydrogen) atoms. The summed E-state index contributed by atoms with van der Waals surface area (Å²) in [6.07, 6.45) is 1.57. The van der Waals surface area contributed by atoms with Gasteiger partial charge in [-0.2, -0.15) is 0 Å². The molecule has 6 heteroatoms. The smallest absolute Gasteiger partial charge is 0.243 e. The Kier molecular flexibility index (Phi) is 10.9. The summed E-state index contributed by atoms with van der Waals surface area (Å²) in [4.78, 5) is 30.0. The van der Waals surface area contributed by atoms with Crippen LogP contribution in [0.2, 0.25) is 5.02 Å². The van der Waals surface area contributed by atoms with Gasteiger partial charge in [0.15, 0.2) is 0 Å². The van der Waals surface area contributed by atoms with Crippen LogP contribution in [-0.2, 0) is 22.6 Å². The first-order valence-electron chi connectivity index (χ1n) is 12.4. The Bertz CT molecular complexity index is 1120. The van der Waals surface area contributed by atoms with Gasteiger partial charge in [-0.3, -0.25) is 9.59 Å². The first-order chi connectivity index (χ1) is 17.4. The van der Waals surface area contributed by atoms with Gasteiger partial charge in [0, 0.05) is 41.1 Å². The van der Waals surface area contributed by atoms with Crippen LogP contribution >= 0.6 is 23.4 Å². The average molecular weight is 523 g/mol. The lowest BCUT2D eigenvalue weighted by Gasteiger charge is -2.32. The van der Waals surface area contributed by atoms with Crippen molar-refractivity contribution >= 4 is 35.2 Å². The molecule has 0 saturated heterocycles. The Morgan fingerprint density at radius 3 is 2.31 bits per heavy atom. The van der Waals surface area contributed by atoms with E-state index in [0.717, 1.165) is 22.4 Å². The number of rotatable bonds is 12. The maximum absolute atomic E-state index is 13.7. The highest BCUT2D eigenvalue weighted by Gasteiger charge is 2.31. The minimum absolute atomic E-state index is 0.0186. The minimum Gasteiger partial charge on any atom is -0.352 e. The normalized spacial score (nSPS) is 12.6. The number of carbonyl (C=O) groups excluding carboxylic acids is 2. The van der Waals surface area contributed by atoms with Crippen LogP contribution in [0.25, 0.3) is 0 Å². The van der Waals surface area contributed by atoms with Crippen molar-refractivity contribution in [2.45, 2.75) is 63.6 Å². The van der Waals surface area contributed by atoms with E-state index >= 15 is 0 Å². The fourth-order valence-electron chi connectivity index (χ4n) is 3.84. The second-order valence-corrected chi connectivity index (χ2v) is 10.6. The third kappa shape index (κ3) is 8.42. The van der Waals surface area contributed by atoms with Crippen LogP contribution in [0.3, 0.4) is 0 Å². The number of nitrogens with one attached hydrogen (secondary N) is 1. The molecule has 0 saturated carbocycles. The van der Waals surface area contributed by atoms with Gasteiger partial charge in [-0.15, -0.1) is 11.8 Å². The Labute approximate surface area is 224 Å². The van der Waals surface area contributed by atoms with Gasteiger partial charge < -0.3 is 10.2 Å². The molecule has 2 atom stereocenters. The molecular weight excluding hydrogens is 488 g/mol. The van der Waals surface area contributed by atoms with E-state index in [1.54, 1.807) is 16.7 Å². The van der Waals surface area contributed by atoms with Gasteiger partial charge in [0.25, 0.3) is 0 Å². The average Bonchev–Trinajstić information content (AvgIpc) is 2.88. The molecule has 0 aliphatic heterocycles. The van der Waals surface area contributed by atoms with Crippen LogP contribution in [-0.4, -0.2) is 34.6 Å². The number of aryl methyl sites for hydroxylation is 1. The zero-order valence-corrected chi connectivity index (χ0v) is 22.8. The number of carbonyl (C=O) groups is 2. The molecule has 190 valence electrons. The third-order valence-corrected chi connectivity index (χ3v) is 7.56. The number of hydrogen-bond acceptors (Lipinski definition) is 3. The van der Waals surface area contributed by atoms with Crippen molar-refractivity contribution < 1.29 is 9.59 Å². The lowest BCUT2D eigenvalue weighted by atomic mass is 10.0. The van der Waals surface area contributed by atoms with E-state index in [1.807, 2.05) is 68.4 Å². The van der Waals surface area contributed by atoms with Crippen molar-refractivity contribution in [3.63, 3.8) is 0 Å². The van der Waals surface area contributed by atoms with E-state index in [4.69, 9.17) is 11.6 Å². The Hall–Kier alpha value is -2.76. The van der Waals surface area contributed by atoms with Gasteiger partial charge in [0.05, 0.1) is 0 Å². The van der Waals surface area contributed by atoms with Gasteiger partial charge in [0.2, 0.25) is 11.8 Å². The molecule has 0 bridgehead atoms. The molecule has 1 N–H and O–H groups in total. The molecule has 0 unspecified atom stereocenters. The van der Waals surface area contributed by atoms with Crippen molar-refractivity contribution in [1.82, 2.24) is 10.2 Å². The first kappa shape index (κ1) is 27.8. The van der Waals surface area contributed by atoms with E-state index < -0.39 is 6.04 Å². The zero-order valence-electron chi connectivity index (χ0n) is 21.2. The Balaban J connectivity index is 1.86. The van der Waals surface area contributed by atoms with Gasteiger partial charge in [-0.1, -0.05) is 84.8 Å². The van der Waals surface area contributed by atoms with E-state index in [0.29, 0.717) is 23.6 Å². The second kappa shape index (κ2) is 14.1. The van der Waals surface area contributed by atoms with Gasteiger partial charge in [-0.25, -0.2) is 0 Å². The Morgan fingerprint density at radius 1 is 0.972 bits per heavy atom. The predicted molar refractivity (Wildman–Crippen MR) is 150 cm³/mol. The molecule has 2 amide bonds. The van der Waals surface area contributed by atoms with Gasteiger partial charge in [0.1, 0.15) is 6.04 Å². The molecule has 0 aromatic heterocycles. The van der Waals surface area contributed by atoms with Crippen LogP contribution in [0.15, 0.2) is 83.8 Å². The number of thioether (sulfide) groups is 1. The summed E-state index contributed by atoms with van der Waals surface area (Å²) in [6.45, 7) is 6.35. The number of benzene rings is 3. The second-order valence-electron chi connectivity index (χ2n) is 9.05. The molecule has 3 aromatic rings. The van der Waals surface area contributed by atoms with E-state index in [9.17, 15) is 9.59 Å². The number of hydrogen-bond donors (Lipinski definition) is 1.